The summed E-state index contributed by atoms with van der Waals surface area (Å²) in [5.74, 6) is 1.97. The first-order valence-electron chi connectivity index (χ1n) is 8.43. The maximum absolute atomic E-state index is 12.4. The molecule has 1 amide bonds. The van der Waals surface area contributed by atoms with Crippen molar-refractivity contribution < 1.29 is 19.0 Å². The number of ether oxygens (including phenoxy) is 3. The highest BCUT2D eigenvalue weighted by Crippen LogP contribution is 2.17. The molecule has 0 saturated carbocycles. The smallest absolute Gasteiger partial charge is 0.251 e. The lowest BCUT2D eigenvalue weighted by atomic mass is 10.2. The van der Waals surface area contributed by atoms with Gasteiger partial charge in [0.1, 0.15) is 30.5 Å². The zero-order valence-corrected chi connectivity index (χ0v) is 15.5. The third kappa shape index (κ3) is 6.16. The average molecular weight is 355 g/mol. The van der Waals surface area contributed by atoms with Gasteiger partial charge in [-0.2, -0.15) is 0 Å². The molecule has 5 nitrogen and oxygen atoms in total. The molecule has 0 radical (unpaired) electrons. The molecule has 0 unspecified atom stereocenters. The fourth-order valence-electron chi connectivity index (χ4n) is 2.18. The molecule has 138 valence electrons. The summed E-state index contributed by atoms with van der Waals surface area (Å²) < 4.78 is 16.4. The van der Waals surface area contributed by atoms with Gasteiger partial charge in [0.15, 0.2) is 0 Å². The van der Waals surface area contributed by atoms with E-state index in [1.54, 1.807) is 25.3 Å². The molecule has 1 N–H and O–H groups in total. The second-order valence-corrected chi connectivity index (χ2v) is 6.13. The number of methoxy groups -OCH3 is 1. The Morgan fingerprint density at radius 1 is 1.08 bits per heavy atom. The minimum atomic E-state index is -0.170. The minimum Gasteiger partial charge on any atom is -0.497 e. The van der Waals surface area contributed by atoms with Crippen LogP contribution in [-0.2, 0) is 0 Å². The van der Waals surface area contributed by atoms with Crippen LogP contribution in [-0.4, -0.2) is 32.3 Å². The maximum Gasteiger partial charge on any atom is 0.251 e. The van der Waals surface area contributed by atoms with Gasteiger partial charge < -0.3 is 19.5 Å². The van der Waals surface area contributed by atoms with Crippen molar-refractivity contribution >= 4 is 5.91 Å². The van der Waals surface area contributed by atoms with E-state index >= 15 is 0 Å². The summed E-state index contributed by atoms with van der Waals surface area (Å²) in [5.41, 5.74) is 1.46. The summed E-state index contributed by atoms with van der Waals surface area (Å²) in [6.45, 7) is 8.37. The van der Waals surface area contributed by atoms with Gasteiger partial charge in [0.25, 0.3) is 5.91 Å². The Balaban J connectivity index is 1.85. The zero-order chi connectivity index (χ0) is 18.9. The van der Waals surface area contributed by atoms with Crippen molar-refractivity contribution in [3.8, 4) is 17.2 Å². The van der Waals surface area contributed by atoms with Crippen LogP contribution in [0.15, 0.2) is 60.7 Å². The van der Waals surface area contributed by atoms with Crippen molar-refractivity contribution in [1.82, 2.24) is 5.32 Å². The van der Waals surface area contributed by atoms with Crippen molar-refractivity contribution in [3.63, 3.8) is 0 Å². The first-order chi connectivity index (χ1) is 12.5. The molecule has 0 aromatic heterocycles. The van der Waals surface area contributed by atoms with Crippen LogP contribution >= 0.6 is 0 Å². The molecule has 2 aromatic rings. The van der Waals surface area contributed by atoms with E-state index in [-0.39, 0.29) is 11.9 Å². The molecule has 0 aliphatic rings. The summed E-state index contributed by atoms with van der Waals surface area (Å²) in [6, 6.07) is 14.2. The molecule has 0 bridgehead atoms. The SMILES string of the molecule is C=C(C)COc1cccc(C(=O)N[C@@H](C)COc2ccc(OC)cc2)c1. The molecular weight excluding hydrogens is 330 g/mol. The predicted molar refractivity (Wildman–Crippen MR) is 102 cm³/mol. The van der Waals surface area contributed by atoms with Gasteiger partial charge in [-0.3, -0.25) is 4.79 Å². The Bertz CT molecular complexity index is 740. The zero-order valence-electron chi connectivity index (χ0n) is 15.5. The van der Waals surface area contributed by atoms with Crippen LogP contribution in [0.25, 0.3) is 0 Å². The lowest BCUT2D eigenvalue weighted by Crippen LogP contribution is -2.36. The van der Waals surface area contributed by atoms with Gasteiger partial charge in [-0.05, 0) is 61.9 Å². The quantitative estimate of drug-likeness (QED) is 0.694. The third-order valence-corrected chi connectivity index (χ3v) is 3.52. The topological polar surface area (TPSA) is 56.8 Å². The second kappa shape index (κ2) is 9.51. The Kier molecular flexibility index (Phi) is 7.09. The minimum absolute atomic E-state index is 0.149. The molecule has 0 saturated heterocycles. The van der Waals surface area contributed by atoms with E-state index in [1.807, 2.05) is 44.2 Å². The lowest BCUT2D eigenvalue weighted by molar-refractivity contribution is 0.0926. The number of carbonyl (C=O) groups excluding carboxylic acids is 1. The highest BCUT2D eigenvalue weighted by atomic mass is 16.5. The number of rotatable bonds is 9. The van der Waals surface area contributed by atoms with E-state index in [9.17, 15) is 4.79 Å². The summed E-state index contributed by atoms with van der Waals surface area (Å²) in [6.07, 6.45) is 0. The fraction of sp³-hybridized carbons (Fsp3) is 0.286. The van der Waals surface area contributed by atoms with Gasteiger partial charge >= 0.3 is 0 Å². The number of nitrogens with one attached hydrogen (secondary N) is 1. The maximum atomic E-state index is 12.4. The summed E-state index contributed by atoms with van der Waals surface area (Å²) >= 11 is 0. The molecule has 0 aliphatic carbocycles. The fourth-order valence-corrected chi connectivity index (χ4v) is 2.18. The van der Waals surface area contributed by atoms with Crippen molar-refractivity contribution in [2.24, 2.45) is 0 Å². The molecule has 0 aliphatic heterocycles. The third-order valence-electron chi connectivity index (χ3n) is 3.52. The van der Waals surface area contributed by atoms with Gasteiger partial charge in [0.05, 0.1) is 13.2 Å². The van der Waals surface area contributed by atoms with Crippen LogP contribution in [0.4, 0.5) is 0 Å². The van der Waals surface area contributed by atoms with Gasteiger partial charge in [-0.1, -0.05) is 12.6 Å². The number of hydrogen-bond donors (Lipinski definition) is 1. The van der Waals surface area contributed by atoms with E-state index in [4.69, 9.17) is 14.2 Å². The molecule has 5 heteroatoms. The standard InChI is InChI=1S/C21H25NO4/c1-15(2)13-25-20-7-5-6-17(12-20)21(23)22-16(3)14-26-19-10-8-18(24-4)9-11-19/h5-12,16H,1,13-14H2,2-4H3,(H,22,23)/t16-/m0/s1. The summed E-state index contributed by atoms with van der Waals surface area (Å²) in [4.78, 5) is 12.4. The Morgan fingerprint density at radius 2 is 1.77 bits per heavy atom. The first kappa shape index (κ1) is 19.4. The van der Waals surface area contributed by atoms with Gasteiger partial charge in [-0.25, -0.2) is 0 Å². The van der Waals surface area contributed by atoms with Gasteiger partial charge in [0.2, 0.25) is 0 Å². The highest BCUT2D eigenvalue weighted by Gasteiger charge is 2.11. The molecule has 2 rings (SSSR count). The van der Waals surface area contributed by atoms with Crippen LogP contribution < -0.4 is 19.5 Å². The number of amides is 1. The molecular formula is C21H25NO4. The monoisotopic (exact) mass is 355 g/mol. The van der Waals surface area contributed by atoms with E-state index in [0.29, 0.717) is 24.5 Å². The van der Waals surface area contributed by atoms with Crippen LogP contribution in [0.1, 0.15) is 24.2 Å². The van der Waals surface area contributed by atoms with Crippen molar-refractivity contribution in [2.75, 3.05) is 20.3 Å². The summed E-state index contributed by atoms with van der Waals surface area (Å²) in [7, 11) is 1.62. The average Bonchev–Trinajstić information content (AvgIpc) is 2.65. The Hall–Kier alpha value is -2.95. The second-order valence-electron chi connectivity index (χ2n) is 6.13. The molecule has 0 fully saturated rings. The van der Waals surface area contributed by atoms with E-state index in [0.717, 1.165) is 17.1 Å². The van der Waals surface area contributed by atoms with E-state index < -0.39 is 0 Å². The van der Waals surface area contributed by atoms with Crippen molar-refractivity contribution in [2.45, 2.75) is 19.9 Å². The van der Waals surface area contributed by atoms with Crippen LogP contribution in [0.3, 0.4) is 0 Å². The molecule has 0 heterocycles. The number of benzene rings is 2. The first-order valence-corrected chi connectivity index (χ1v) is 8.43. The van der Waals surface area contributed by atoms with Crippen LogP contribution in [0.5, 0.6) is 17.2 Å². The van der Waals surface area contributed by atoms with Gasteiger partial charge in [-0.15, -0.1) is 0 Å². The highest BCUT2D eigenvalue weighted by molar-refractivity contribution is 5.94. The van der Waals surface area contributed by atoms with Gasteiger partial charge in [0, 0.05) is 5.56 Å². The molecule has 1 atom stereocenters. The van der Waals surface area contributed by atoms with Crippen molar-refractivity contribution in [1.29, 1.82) is 0 Å². The Labute approximate surface area is 154 Å². The number of carbonyl (C=O) groups is 1. The predicted octanol–water partition coefficient (Wildman–Crippen LogP) is 3.85. The Morgan fingerprint density at radius 3 is 2.42 bits per heavy atom. The lowest BCUT2D eigenvalue weighted by Gasteiger charge is -2.15. The molecule has 0 spiro atoms. The normalized spacial score (nSPS) is 11.3. The van der Waals surface area contributed by atoms with E-state index in [2.05, 4.69) is 11.9 Å². The van der Waals surface area contributed by atoms with Crippen molar-refractivity contribution in [3.05, 3.63) is 66.2 Å². The van der Waals surface area contributed by atoms with E-state index in [1.165, 1.54) is 0 Å². The van der Waals surface area contributed by atoms with Crippen LogP contribution in [0, 0.1) is 0 Å². The molecule has 26 heavy (non-hydrogen) atoms. The number of hydrogen-bond acceptors (Lipinski definition) is 4. The van der Waals surface area contributed by atoms with Crippen LogP contribution in [0.2, 0.25) is 0 Å². The molecule has 2 aromatic carbocycles. The largest absolute Gasteiger partial charge is 0.497 e. The summed E-state index contributed by atoms with van der Waals surface area (Å²) in [5, 5.41) is 2.92.